The molecule has 19 heavy (non-hydrogen) atoms. The van der Waals surface area contributed by atoms with Crippen molar-refractivity contribution in [3.63, 3.8) is 0 Å². The second-order valence-electron chi connectivity index (χ2n) is 4.46. The Bertz CT molecular complexity index is 692. The first-order valence-corrected chi connectivity index (χ1v) is 7.69. The molecule has 4 nitrogen and oxygen atoms in total. The van der Waals surface area contributed by atoms with Crippen LogP contribution in [0.1, 0.15) is 5.56 Å². The maximum Gasteiger partial charge on any atom is 0.175 e. The molecule has 0 bridgehead atoms. The summed E-state index contributed by atoms with van der Waals surface area (Å²) in [5.74, 6) is 0. The molecule has 0 saturated carbocycles. The summed E-state index contributed by atoms with van der Waals surface area (Å²) in [6.45, 7) is 1.94. The van der Waals surface area contributed by atoms with Gasteiger partial charge in [-0.3, -0.25) is 0 Å². The standard InChI is InChI=1S/C14H16N2O2S/c1-10-4-3-5-13(14(10)15)16-11-6-8-12(9-7-11)19(2,17)18/h3-9,16H,15H2,1-2H3. The van der Waals surface area contributed by atoms with Gasteiger partial charge in [-0.25, -0.2) is 8.42 Å². The van der Waals surface area contributed by atoms with Gasteiger partial charge in [-0.05, 0) is 42.8 Å². The lowest BCUT2D eigenvalue weighted by Crippen LogP contribution is -1.99. The molecule has 0 unspecified atom stereocenters. The number of nitrogens with two attached hydrogens (primary N) is 1. The van der Waals surface area contributed by atoms with E-state index in [9.17, 15) is 8.42 Å². The Balaban J connectivity index is 2.27. The second kappa shape index (κ2) is 4.93. The first-order chi connectivity index (χ1) is 8.88. The molecular weight excluding hydrogens is 260 g/mol. The molecule has 5 heteroatoms. The summed E-state index contributed by atoms with van der Waals surface area (Å²) >= 11 is 0. The fourth-order valence-corrected chi connectivity index (χ4v) is 2.36. The minimum absolute atomic E-state index is 0.301. The molecule has 0 aromatic heterocycles. The predicted octanol–water partition coefficient (Wildman–Crippen LogP) is 2.72. The number of nitrogen functional groups attached to an aromatic ring is 1. The zero-order valence-electron chi connectivity index (χ0n) is 10.8. The molecule has 100 valence electrons. The lowest BCUT2D eigenvalue weighted by Gasteiger charge is -2.11. The van der Waals surface area contributed by atoms with Crippen LogP contribution in [0.4, 0.5) is 17.1 Å². The fraction of sp³-hybridized carbons (Fsp3) is 0.143. The van der Waals surface area contributed by atoms with Crippen LogP contribution in [0.25, 0.3) is 0 Å². The molecule has 2 aromatic carbocycles. The minimum atomic E-state index is -3.16. The largest absolute Gasteiger partial charge is 0.397 e. The Morgan fingerprint density at radius 2 is 1.68 bits per heavy atom. The molecule has 0 saturated heterocycles. The van der Waals surface area contributed by atoms with Crippen molar-refractivity contribution in [1.82, 2.24) is 0 Å². The summed E-state index contributed by atoms with van der Waals surface area (Å²) in [6, 6.07) is 12.3. The third-order valence-corrected chi connectivity index (χ3v) is 4.01. The molecule has 0 atom stereocenters. The third kappa shape index (κ3) is 3.06. The van der Waals surface area contributed by atoms with Crippen LogP contribution >= 0.6 is 0 Å². The van der Waals surface area contributed by atoms with E-state index < -0.39 is 9.84 Å². The summed E-state index contributed by atoms with van der Waals surface area (Å²) in [5.41, 5.74) is 9.27. The van der Waals surface area contributed by atoms with Gasteiger partial charge in [-0.2, -0.15) is 0 Å². The molecule has 0 amide bonds. The van der Waals surface area contributed by atoms with Gasteiger partial charge in [0.05, 0.1) is 16.3 Å². The second-order valence-corrected chi connectivity index (χ2v) is 6.47. The molecular formula is C14H16N2O2S. The van der Waals surface area contributed by atoms with Crippen LogP contribution in [-0.2, 0) is 9.84 Å². The third-order valence-electron chi connectivity index (χ3n) is 2.89. The van der Waals surface area contributed by atoms with E-state index in [-0.39, 0.29) is 0 Å². The van der Waals surface area contributed by atoms with E-state index in [2.05, 4.69) is 5.32 Å². The van der Waals surface area contributed by atoms with Crippen LogP contribution in [-0.4, -0.2) is 14.7 Å². The molecule has 0 heterocycles. The van der Waals surface area contributed by atoms with E-state index in [4.69, 9.17) is 5.73 Å². The molecule has 0 radical (unpaired) electrons. The summed E-state index contributed by atoms with van der Waals surface area (Å²) in [7, 11) is -3.16. The number of sulfone groups is 1. The van der Waals surface area contributed by atoms with Crippen molar-refractivity contribution < 1.29 is 8.42 Å². The average Bonchev–Trinajstić information content (AvgIpc) is 2.35. The van der Waals surface area contributed by atoms with Crippen molar-refractivity contribution in [2.24, 2.45) is 0 Å². The van der Waals surface area contributed by atoms with Crippen molar-refractivity contribution in [1.29, 1.82) is 0 Å². The van der Waals surface area contributed by atoms with E-state index in [1.54, 1.807) is 24.3 Å². The number of nitrogens with one attached hydrogen (secondary N) is 1. The topological polar surface area (TPSA) is 72.2 Å². The van der Waals surface area contributed by atoms with Crippen molar-refractivity contribution >= 4 is 26.9 Å². The molecule has 0 spiro atoms. The molecule has 0 aliphatic heterocycles. The SMILES string of the molecule is Cc1cccc(Nc2ccc(S(C)(=O)=O)cc2)c1N. The molecule has 0 aliphatic carbocycles. The van der Waals surface area contributed by atoms with Gasteiger partial charge in [0, 0.05) is 11.9 Å². The van der Waals surface area contributed by atoms with Crippen LogP contribution in [0, 0.1) is 6.92 Å². The Morgan fingerprint density at radius 3 is 2.26 bits per heavy atom. The molecule has 0 fully saturated rings. The van der Waals surface area contributed by atoms with Gasteiger partial charge >= 0.3 is 0 Å². The Morgan fingerprint density at radius 1 is 1.05 bits per heavy atom. The van der Waals surface area contributed by atoms with Gasteiger partial charge in [0.2, 0.25) is 0 Å². The quantitative estimate of drug-likeness (QED) is 0.845. The van der Waals surface area contributed by atoms with E-state index >= 15 is 0 Å². The summed E-state index contributed by atoms with van der Waals surface area (Å²) in [4.78, 5) is 0.301. The van der Waals surface area contributed by atoms with Gasteiger partial charge in [0.25, 0.3) is 0 Å². The summed E-state index contributed by atoms with van der Waals surface area (Å²) < 4.78 is 22.7. The predicted molar refractivity (Wildman–Crippen MR) is 78.4 cm³/mol. The van der Waals surface area contributed by atoms with Crippen LogP contribution in [0.15, 0.2) is 47.4 Å². The maximum atomic E-state index is 11.4. The summed E-state index contributed by atoms with van der Waals surface area (Å²) in [5, 5.41) is 3.17. The number of aryl methyl sites for hydroxylation is 1. The van der Waals surface area contributed by atoms with Crippen LogP contribution in [0.5, 0.6) is 0 Å². The molecule has 0 aliphatic rings. The lowest BCUT2D eigenvalue weighted by molar-refractivity contribution is 0.602. The Labute approximate surface area is 113 Å². The van der Waals surface area contributed by atoms with E-state index in [0.29, 0.717) is 10.6 Å². The highest BCUT2D eigenvalue weighted by atomic mass is 32.2. The average molecular weight is 276 g/mol. The molecule has 2 aromatic rings. The smallest absolute Gasteiger partial charge is 0.175 e. The Hall–Kier alpha value is -2.01. The van der Waals surface area contributed by atoms with E-state index in [0.717, 1.165) is 16.9 Å². The Kier molecular flexibility index (Phi) is 3.48. The number of anilines is 3. The lowest BCUT2D eigenvalue weighted by atomic mass is 10.1. The van der Waals surface area contributed by atoms with E-state index in [1.807, 2.05) is 25.1 Å². The van der Waals surface area contributed by atoms with Crippen LogP contribution in [0.3, 0.4) is 0 Å². The van der Waals surface area contributed by atoms with Gasteiger partial charge in [0.15, 0.2) is 9.84 Å². The normalized spacial score (nSPS) is 11.3. The van der Waals surface area contributed by atoms with E-state index in [1.165, 1.54) is 6.26 Å². The van der Waals surface area contributed by atoms with Crippen molar-refractivity contribution in [2.75, 3.05) is 17.3 Å². The first kappa shape index (κ1) is 13.4. The van der Waals surface area contributed by atoms with Crippen LogP contribution in [0.2, 0.25) is 0 Å². The monoisotopic (exact) mass is 276 g/mol. The summed E-state index contributed by atoms with van der Waals surface area (Å²) in [6.07, 6.45) is 1.19. The van der Waals surface area contributed by atoms with Crippen LogP contribution < -0.4 is 11.1 Å². The number of benzene rings is 2. The highest BCUT2D eigenvalue weighted by Crippen LogP contribution is 2.26. The number of rotatable bonds is 3. The van der Waals surface area contributed by atoms with Gasteiger partial charge < -0.3 is 11.1 Å². The first-order valence-electron chi connectivity index (χ1n) is 5.80. The molecule has 2 rings (SSSR count). The number of para-hydroxylation sites is 1. The van der Waals surface area contributed by atoms with Crippen molar-refractivity contribution in [3.8, 4) is 0 Å². The van der Waals surface area contributed by atoms with Crippen molar-refractivity contribution in [2.45, 2.75) is 11.8 Å². The van der Waals surface area contributed by atoms with Gasteiger partial charge in [0.1, 0.15) is 0 Å². The maximum absolute atomic E-state index is 11.4. The van der Waals surface area contributed by atoms with Crippen molar-refractivity contribution in [3.05, 3.63) is 48.0 Å². The highest BCUT2D eigenvalue weighted by Gasteiger charge is 2.07. The molecule has 3 N–H and O–H groups in total. The van der Waals surface area contributed by atoms with Gasteiger partial charge in [-0.1, -0.05) is 12.1 Å². The zero-order chi connectivity index (χ0) is 14.0. The highest BCUT2D eigenvalue weighted by molar-refractivity contribution is 7.90. The number of hydrogen-bond acceptors (Lipinski definition) is 4. The fourth-order valence-electron chi connectivity index (χ4n) is 1.73. The van der Waals surface area contributed by atoms with Gasteiger partial charge in [-0.15, -0.1) is 0 Å². The zero-order valence-corrected chi connectivity index (χ0v) is 11.7. The minimum Gasteiger partial charge on any atom is -0.397 e. The number of hydrogen-bond donors (Lipinski definition) is 2.